The third-order valence-corrected chi connectivity index (χ3v) is 4.11. The van der Waals surface area contributed by atoms with Gasteiger partial charge in [0.25, 0.3) is 0 Å². The molecule has 114 valence electrons. The molecule has 0 spiro atoms. The van der Waals surface area contributed by atoms with Gasteiger partial charge in [0, 0.05) is 25.2 Å². The zero-order valence-corrected chi connectivity index (χ0v) is 13.2. The van der Waals surface area contributed by atoms with Crippen molar-refractivity contribution in [1.82, 2.24) is 10.2 Å². The topological polar surface area (TPSA) is 35.5 Å². The number of hydrogen-bond donors (Lipinski definition) is 2. The highest BCUT2D eigenvalue weighted by atomic mass is 16.3. The molecule has 0 amide bonds. The molecule has 0 heterocycles. The molecule has 0 aromatic carbocycles. The van der Waals surface area contributed by atoms with Crippen LogP contribution in [-0.4, -0.2) is 48.3 Å². The average molecular weight is 270 g/mol. The van der Waals surface area contributed by atoms with Crippen LogP contribution in [0.25, 0.3) is 0 Å². The first-order valence-electron chi connectivity index (χ1n) is 8.25. The molecule has 1 aliphatic carbocycles. The Morgan fingerprint density at radius 1 is 1.26 bits per heavy atom. The quantitative estimate of drug-likeness (QED) is 0.640. The molecule has 0 radical (unpaired) electrons. The van der Waals surface area contributed by atoms with Crippen molar-refractivity contribution >= 4 is 0 Å². The van der Waals surface area contributed by atoms with Crippen molar-refractivity contribution in [2.75, 3.05) is 26.2 Å². The second kappa shape index (κ2) is 9.73. The van der Waals surface area contributed by atoms with Gasteiger partial charge < -0.3 is 15.3 Å². The Morgan fingerprint density at radius 3 is 2.47 bits per heavy atom. The van der Waals surface area contributed by atoms with Crippen LogP contribution in [0.4, 0.5) is 0 Å². The third kappa shape index (κ3) is 6.73. The highest BCUT2D eigenvalue weighted by molar-refractivity contribution is 4.79. The Hall–Kier alpha value is -0.120. The summed E-state index contributed by atoms with van der Waals surface area (Å²) in [6.45, 7) is 10.4. The third-order valence-electron chi connectivity index (χ3n) is 4.11. The molecule has 0 bridgehead atoms. The Morgan fingerprint density at radius 2 is 1.95 bits per heavy atom. The maximum atomic E-state index is 9.43. The Bertz CT molecular complexity index is 215. The van der Waals surface area contributed by atoms with Crippen molar-refractivity contribution in [3.05, 3.63) is 0 Å². The van der Waals surface area contributed by atoms with E-state index in [-0.39, 0.29) is 12.6 Å². The molecule has 0 aromatic rings. The highest BCUT2D eigenvalue weighted by Crippen LogP contribution is 2.24. The van der Waals surface area contributed by atoms with Crippen LogP contribution in [0, 0.1) is 5.92 Å². The van der Waals surface area contributed by atoms with E-state index in [2.05, 4.69) is 31.0 Å². The zero-order chi connectivity index (χ0) is 14.1. The number of rotatable bonds is 10. The van der Waals surface area contributed by atoms with Crippen molar-refractivity contribution in [1.29, 1.82) is 0 Å². The maximum absolute atomic E-state index is 9.43. The summed E-state index contributed by atoms with van der Waals surface area (Å²) in [6.07, 6.45) is 7.75. The molecular weight excluding hydrogens is 236 g/mol. The Labute approximate surface area is 119 Å². The van der Waals surface area contributed by atoms with Gasteiger partial charge in [-0.15, -0.1) is 0 Å². The fourth-order valence-electron chi connectivity index (χ4n) is 3.09. The average Bonchev–Trinajstić information content (AvgIpc) is 2.91. The molecular formula is C16H34N2O. The van der Waals surface area contributed by atoms with Crippen molar-refractivity contribution in [3.8, 4) is 0 Å². The van der Waals surface area contributed by atoms with Gasteiger partial charge in [-0.25, -0.2) is 0 Å². The van der Waals surface area contributed by atoms with Crippen LogP contribution in [-0.2, 0) is 0 Å². The second-order valence-electron chi connectivity index (χ2n) is 6.45. The van der Waals surface area contributed by atoms with E-state index in [9.17, 15) is 5.11 Å². The van der Waals surface area contributed by atoms with Crippen molar-refractivity contribution < 1.29 is 5.11 Å². The number of aliphatic hydroxyl groups excluding tert-OH is 1. The van der Waals surface area contributed by atoms with Crippen LogP contribution in [0.2, 0.25) is 0 Å². The van der Waals surface area contributed by atoms with E-state index in [1.807, 2.05) is 0 Å². The monoisotopic (exact) mass is 270 g/mol. The summed E-state index contributed by atoms with van der Waals surface area (Å²) in [5, 5.41) is 12.9. The summed E-state index contributed by atoms with van der Waals surface area (Å²) in [4.78, 5) is 2.67. The molecule has 1 aliphatic rings. The van der Waals surface area contributed by atoms with Crippen molar-refractivity contribution in [2.45, 2.75) is 71.4 Å². The fourth-order valence-corrected chi connectivity index (χ4v) is 3.09. The summed E-state index contributed by atoms with van der Waals surface area (Å²) in [6, 6.07) is 1.07. The molecule has 3 heteroatoms. The van der Waals surface area contributed by atoms with E-state index in [0.29, 0.717) is 0 Å². The predicted octanol–water partition coefficient (Wildman–Crippen LogP) is 2.64. The maximum Gasteiger partial charge on any atom is 0.0585 e. The van der Waals surface area contributed by atoms with E-state index in [4.69, 9.17) is 0 Å². The summed E-state index contributed by atoms with van der Waals surface area (Å²) in [7, 11) is 0. The molecule has 1 fully saturated rings. The molecule has 3 nitrogen and oxygen atoms in total. The van der Waals surface area contributed by atoms with Gasteiger partial charge in [-0.3, -0.25) is 0 Å². The summed E-state index contributed by atoms with van der Waals surface area (Å²) in [5.74, 6) is 0.733. The van der Waals surface area contributed by atoms with Gasteiger partial charge in [-0.1, -0.05) is 33.6 Å². The van der Waals surface area contributed by atoms with E-state index in [0.717, 1.165) is 37.9 Å². The summed E-state index contributed by atoms with van der Waals surface area (Å²) < 4.78 is 0. The van der Waals surface area contributed by atoms with Crippen LogP contribution < -0.4 is 5.32 Å². The highest BCUT2D eigenvalue weighted by Gasteiger charge is 2.23. The smallest absolute Gasteiger partial charge is 0.0585 e. The molecule has 2 N–H and O–H groups in total. The first kappa shape index (κ1) is 16.9. The molecule has 0 aliphatic heterocycles. The Kier molecular flexibility index (Phi) is 8.67. The molecule has 1 atom stereocenters. The minimum atomic E-state index is 0.264. The van der Waals surface area contributed by atoms with Crippen LogP contribution >= 0.6 is 0 Å². The lowest BCUT2D eigenvalue weighted by Crippen LogP contribution is -2.41. The van der Waals surface area contributed by atoms with Gasteiger partial charge in [-0.2, -0.15) is 0 Å². The molecule has 1 unspecified atom stereocenters. The normalized spacial score (nSPS) is 18.6. The van der Waals surface area contributed by atoms with Gasteiger partial charge in [0.05, 0.1) is 6.61 Å². The summed E-state index contributed by atoms with van der Waals surface area (Å²) in [5.41, 5.74) is 0. The first-order chi connectivity index (χ1) is 9.17. The van der Waals surface area contributed by atoms with E-state index in [1.54, 1.807) is 0 Å². The van der Waals surface area contributed by atoms with Gasteiger partial charge in [0.1, 0.15) is 0 Å². The van der Waals surface area contributed by atoms with Gasteiger partial charge >= 0.3 is 0 Å². The van der Waals surface area contributed by atoms with Crippen LogP contribution in [0.1, 0.15) is 59.3 Å². The zero-order valence-electron chi connectivity index (χ0n) is 13.2. The summed E-state index contributed by atoms with van der Waals surface area (Å²) >= 11 is 0. The van der Waals surface area contributed by atoms with Crippen molar-refractivity contribution in [3.63, 3.8) is 0 Å². The minimum absolute atomic E-state index is 0.264. The van der Waals surface area contributed by atoms with Crippen LogP contribution in [0.5, 0.6) is 0 Å². The SMILES string of the molecule is CCCNC(CO)CCN(CC(C)C)C1CCCC1. The molecule has 0 saturated heterocycles. The number of nitrogens with zero attached hydrogens (tertiary/aromatic N) is 1. The molecule has 0 aromatic heterocycles. The largest absolute Gasteiger partial charge is 0.395 e. The lowest BCUT2D eigenvalue weighted by molar-refractivity contribution is 0.155. The first-order valence-corrected chi connectivity index (χ1v) is 8.25. The van der Waals surface area contributed by atoms with Crippen molar-refractivity contribution in [2.24, 2.45) is 5.92 Å². The lowest BCUT2D eigenvalue weighted by atomic mass is 10.1. The molecule has 1 rings (SSSR count). The fraction of sp³-hybridized carbons (Fsp3) is 1.00. The minimum Gasteiger partial charge on any atom is -0.395 e. The molecule has 19 heavy (non-hydrogen) atoms. The van der Waals surface area contributed by atoms with Crippen LogP contribution in [0.3, 0.4) is 0 Å². The standard InChI is InChI=1S/C16H34N2O/c1-4-10-17-15(13-19)9-11-18(12-14(2)3)16-7-5-6-8-16/h14-17,19H,4-13H2,1-3H3. The number of aliphatic hydroxyl groups is 1. The van der Waals surface area contributed by atoms with Crippen LogP contribution in [0.15, 0.2) is 0 Å². The van der Waals surface area contributed by atoms with Gasteiger partial charge in [-0.05, 0) is 38.1 Å². The van der Waals surface area contributed by atoms with E-state index in [1.165, 1.54) is 32.2 Å². The van der Waals surface area contributed by atoms with Gasteiger partial charge in [0.15, 0.2) is 0 Å². The van der Waals surface area contributed by atoms with E-state index >= 15 is 0 Å². The Balaban J connectivity index is 2.37. The second-order valence-corrected chi connectivity index (χ2v) is 6.45. The lowest BCUT2D eigenvalue weighted by Gasteiger charge is -2.31. The van der Waals surface area contributed by atoms with E-state index < -0.39 is 0 Å². The predicted molar refractivity (Wildman–Crippen MR) is 82.5 cm³/mol. The van der Waals surface area contributed by atoms with Gasteiger partial charge in [0.2, 0.25) is 0 Å². The molecule has 1 saturated carbocycles. The number of nitrogens with one attached hydrogen (secondary N) is 1. The number of hydrogen-bond acceptors (Lipinski definition) is 3.